The Kier molecular flexibility index (Phi) is 5.25. The van der Waals surface area contributed by atoms with Gasteiger partial charge in [-0.3, -0.25) is 19.3 Å². The van der Waals surface area contributed by atoms with Crippen LogP contribution in [0.2, 0.25) is 5.02 Å². The molecule has 7 rings (SSSR count). The lowest BCUT2D eigenvalue weighted by Crippen LogP contribution is -2.62. The van der Waals surface area contributed by atoms with Gasteiger partial charge in [-0.15, -0.1) is 0 Å². The number of benzene rings is 3. The van der Waals surface area contributed by atoms with Gasteiger partial charge in [-0.05, 0) is 74.7 Å². The number of hydrogen-bond acceptors (Lipinski definition) is 5. The van der Waals surface area contributed by atoms with Crippen molar-refractivity contribution in [1.29, 1.82) is 0 Å². The second-order valence-corrected chi connectivity index (χ2v) is 11.2. The number of Topliss-reactive ketones (excluding diaryl/α,β-unsaturated/α-hetero) is 1. The van der Waals surface area contributed by atoms with Crippen LogP contribution in [-0.2, 0) is 20.5 Å². The first kappa shape index (κ1) is 24.4. The summed E-state index contributed by atoms with van der Waals surface area (Å²) in [5, 5.41) is 6.66. The number of ketones is 1. The van der Waals surface area contributed by atoms with E-state index in [0.717, 1.165) is 12.0 Å². The van der Waals surface area contributed by atoms with Gasteiger partial charge in [-0.1, -0.05) is 41.9 Å². The van der Waals surface area contributed by atoms with E-state index in [-0.39, 0.29) is 23.6 Å². The Morgan fingerprint density at radius 3 is 2.64 bits per heavy atom. The summed E-state index contributed by atoms with van der Waals surface area (Å²) in [6, 6.07) is 17.9. The Balaban J connectivity index is 1.59. The van der Waals surface area contributed by atoms with Crippen molar-refractivity contribution >= 4 is 40.6 Å². The fourth-order valence-corrected chi connectivity index (χ4v) is 8.20. The van der Waals surface area contributed by atoms with E-state index in [9.17, 15) is 14.4 Å². The smallest absolute Gasteiger partial charge is 0.251 e. The molecule has 0 bridgehead atoms. The average Bonchev–Trinajstić information content (AvgIpc) is 3.64. The summed E-state index contributed by atoms with van der Waals surface area (Å²) in [6.45, 7) is 4.75. The number of carbonyl (C=O) groups is 3. The predicted octanol–water partition coefficient (Wildman–Crippen LogP) is 5.06. The molecule has 2 N–H and O–H groups in total. The van der Waals surface area contributed by atoms with Crippen LogP contribution < -0.4 is 15.4 Å². The molecule has 4 aliphatic heterocycles. The number of amides is 2. The van der Waals surface area contributed by atoms with Gasteiger partial charge in [0, 0.05) is 28.0 Å². The topological polar surface area (TPSA) is 87.7 Å². The summed E-state index contributed by atoms with van der Waals surface area (Å²) in [4.78, 5) is 46.1. The van der Waals surface area contributed by atoms with Crippen LogP contribution in [0.25, 0.3) is 0 Å². The molecule has 39 heavy (non-hydrogen) atoms. The Morgan fingerprint density at radius 2 is 1.82 bits per heavy atom. The Labute approximate surface area is 231 Å². The summed E-state index contributed by atoms with van der Waals surface area (Å²) in [6.07, 6.45) is 1.50. The zero-order chi connectivity index (χ0) is 27.1. The molecule has 4 aliphatic rings. The molecule has 0 saturated carbocycles. The summed E-state index contributed by atoms with van der Waals surface area (Å²) in [7, 11) is 0. The number of ether oxygens (including phenoxy) is 1. The maximum Gasteiger partial charge on any atom is 0.251 e. The minimum Gasteiger partial charge on any atom is -0.493 e. The van der Waals surface area contributed by atoms with Gasteiger partial charge >= 0.3 is 0 Å². The Hall–Kier alpha value is -3.68. The van der Waals surface area contributed by atoms with Crippen LogP contribution in [0.4, 0.5) is 11.4 Å². The normalized spacial score (nSPS) is 28.4. The monoisotopic (exact) mass is 541 g/mol. The van der Waals surface area contributed by atoms with Crippen LogP contribution in [0.5, 0.6) is 5.75 Å². The molecular weight excluding hydrogens is 514 g/mol. The van der Waals surface area contributed by atoms with Gasteiger partial charge in [0.1, 0.15) is 16.7 Å². The maximum atomic E-state index is 14.8. The van der Waals surface area contributed by atoms with Crippen LogP contribution >= 0.6 is 11.6 Å². The number of nitrogens with one attached hydrogen (secondary N) is 2. The van der Waals surface area contributed by atoms with Gasteiger partial charge in [-0.2, -0.15) is 0 Å². The summed E-state index contributed by atoms with van der Waals surface area (Å²) in [5.41, 5.74) is 0.881. The van der Waals surface area contributed by atoms with Crippen molar-refractivity contribution in [2.24, 2.45) is 5.92 Å². The standard InChI is InChI=1S/C31H28ClN3O4/c1-3-39-24-13-7-4-9-19(24)27(36)25-23-12-8-14-35(23)31(21-16-18(32)15-17(2)26(21)34-29(31)38)30(25)20-10-5-6-11-22(20)33-28(30)37/h4-7,9-11,13,15-16,23,25H,3,8,12,14H2,1-2H3,(H,33,37)(H,34,38)/t23-,25+,30-,31-/m0/s1. The van der Waals surface area contributed by atoms with E-state index in [1.807, 2.05) is 56.3 Å². The number of nitrogens with zero attached hydrogens (tertiary/aromatic N) is 1. The van der Waals surface area contributed by atoms with Crippen molar-refractivity contribution in [2.75, 3.05) is 23.8 Å². The second kappa shape index (κ2) is 8.41. The number of hydrogen-bond donors (Lipinski definition) is 2. The molecule has 0 aromatic heterocycles. The average molecular weight is 542 g/mol. The van der Waals surface area contributed by atoms with Gasteiger partial charge in [-0.25, -0.2) is 0 Å². The first-order chi connectivity index (χ1) is 18.9. The molecule has 3 aromatic carbocycles. The van der Waals surface area contributed by atoms with Gasteiger partial charge in [0.15, 0.2) is 5.78 Å². The number of carbonyl (C=O) groups excluding carboxylic acids is 3. The third-order valence-electron chi connectivity index (χ3n) is 9.10. The van der Waals surface area contributed by atoms with Gasteiger partial charge in [0.05, 0.1) is 18.1 Å². The highest BCUT2D eigenvalue weighted by atomic mass is 35.5. The first-order valence-corrected chi connectivity index (χ1v) is 13.8. The van der Waals surface area contributed by atoms with Crippen LogP contribution in [0, 0.1) is 12.8 Å². The van der Waals surface area contributed by atoms with Crippen molar-refractivity contribution in [3.05, 3.63) is 87.9 Å². The van der Waals surface area contributed by atoms with Crippen LogP contribution in [0.3, 0.4) is 0 Å². The third kappa shape index (κ3) is 2.84. The van der Waals surface area contributed by atoms with Crippen molar-refractivity contribution in [3.8, 4) is 5.75 Å². The predicted molar refractivity (Wildman–Crippen MR) is 148 cm³/mol. The molecule has 0 unspecified atom stereocenters. The molecule has 3 aromatic rings. The second-order valence-electron chi connectivity index (χ2n) is 10.8. The molecule has 0 aliphatic carbocycles. The SMILES string of the molecule is CCOc1ccccc1C(=O)[C@H]1[C@@H]2CCCN2[C@@]2(C(=O)Nc3c(C)cc(Cl)cc32)[C@]12C(=O)Nc1ccccc12. The maximum absolute atomic E-state index is 14.8. The molecule has 4 heterocycles. The molecule has 0 radical (unpaired) electrons. The number of halogens is 1. The number of fused-ring (bicyclic) bond motifs is 7. The van der Waals surface area contributed by atoms with E-state index in [1.165, 1.54) is 0 Å². The van der Waals surface area contributed by atoms with E-state index in [1.54, 1.807) is 18.2 Å². The van der Waals surface area contributed by atoms with Crippen molar-refractivity contribution < 1.29 is 19.1 Å². The number of aryl methyl sites for hydroxylation is 1. The molecule has 2 spiro atoms. The molecule has 7 nitrogen and oxygen atoms in total. The summed E-state index contributed by atoms with van der Waals surface area (Å²) < 4.78 is 5.87. The number of anilines is 2. The zero-order valence-corrected chi connectivity index (χ0v) is 22.5. The fraction of sp³-hybridized carbons (Fsp3) is 0.323. The largest absolute Gasteiger partial charge is 0.493 e. The Bertz CT molecular complexity index is 1590. The molecular formula is C31H28ClN3O4. The van der Waals surface area contributed by atoms with E-state index in [0.29, 0.717) is 58.4 Å². The minimum atomic E-state index is -1.52. The molecule has 2 amide bonds. The lowest BCUT2D eigenvalue weighted by atomic mass is 9.57. The molecule has 198 valence electrons. The van der Waals surface area contributed by atoms with Crippen molar-refractivity contribution in [3.63, 3.8) is 0 Å². The highest BCUT2D eigenvalue weighted by Gasteiger charge is 2.81. The molecule has 2 saturated heterocycles. The highest BCUT2D eigenvalue weighted by molar-refractivity contribution is 6.31. The molecule has 2 fully saturated rings. The fourth-order valence-electron chi connectivity index (χ4n) is 7.93. The lowest BCUT2D eigenvalue weighted by molar-refractivity contribution is -0.137. The summed E-state index contributed by atoms with van der Waals surface area (Å²) in [5.74, 6) is -1.19. The van der Waals surface area contributed by atoms with Crippen molar-refractivity contribution in [1.82, 2.24) is 4.90 Å². The van der Waals surface area contributed by atoms with Crippen LogP contribution in [-0.4, -0.2) is 41.7 Å². The van der Waals surface area contributed by atoms with Gasteiger partial charge < -0.3 is 15.4 Å². The summed E-state index contributed by atoms with van der Waals surface area (Å²) >= 11 is 6.62. The highest BCUT2D eigenvalue weighted by Crippen LogP contribution is 2.68. The van der Waals surface area contributed by atoms with Crippen LogP contribution in [0.1, 0.15) is 46.8 Å². The van der Waals surface area contributed by atoms with E-state index in [2.05, 4.69) is 15.5 Å². The van der Waals surface area contributed by atoms with Gasteiger partial charge in [0.25, 0.3) is 5.91 Å². The molecule has 8 heteroatoms. The number of para-hydroxylation sites is 2. The minimum absolute atomic E-state index is 0.195. The van der Waals surface area contributed by atoms with E-state index < -0.39 is 16.9 Å². The van der Waals surface area contributed by atoms with Crippen LogP contribution in [0.15, 0.2) is 60.7 Å². The van der Waals surface area contributed by atoms with E-state index >= 15 is 0 Å². The third-order valence-corrected chi connectivity index (χ3v) is 9.32. The Morgan fingerprint density at radius 1 is 1.05 bits per heavy atom. The first-order valence-electron chi connectivity index (χ1n) is 13.4. The zero-order valence-electron chi connectivity index (χ0n) is 21.7. The lowest BCUT2D eigenvalue weighted by Gasteiger charge is -2.43. The quantitative estimate of drug-likeness (QED) is 0.451. The van der Waals surface area contributed by atoms with E-state index in [4.69, 9.17) is 16.3 Å². The van der Waals surface area contributed by atoms with Gasteiger partial charge in [0.2, 0.25) is 5.91 Å². The number of rotatable bonds is 4. The van der Waals surface area contributed by atoms with Crippen molar-refractivity contribution in [2.45, 2.75) is 43.7 Å². The molecule has 4 atom stereocenters.